The van der Waals surface area contributed by atoms with E-state index in [0.717, 1.165) is 17.7 Å². The van der Waals surface area contributed by atoms with E-state index in [9.17, 15) is 18.0 Å². The average Bonchev–Trinajstić information content (AvgIpc) is 2.87. The van der Waals surface area contributed by atoms with Crippen LogP contribution in [0.4, 0.5) is 24.8 Å². The molecule has 0 bridgehead atoms. The van der Waals surface area contributed by atoms with Crippen LogP contribution in [0.25, 0.3) is 15.9 Å². The van der Waals surface area contributed by atoms with E-state index in [-0.39, 0.29) is 23.9 Å². The first kappa shape index (κ1) is 26.6. The predicted molar refractivity (Wildman–Crippen MR) is 135 cm³/mol. The fourth-order valence-electron chi connectivity index (χ4n) is 5.10. The third-order valence-corrected chi connectivity index (χ3v) is 6.96. The SMILES string of the molecule is [C-]#[N+]c1ccc2c(n1)c(N1C[C@@H](COC)N(C(CC)c3ccc(C(F)(F)F)cc3)C[C@@H]1C)nc(=O)n2C. The second-order valence-electron chi connectivity index (χ2n) is 9.28. The van der Waals surface area contributed by atoms with E-state index >= 15 is 0 Å². The molecular weight excluding hydrogens is 485 g/mol. The number of piperazine rings is 1. The number of ether oxygens (including phenoxy) is 1. The van der Waals surface area contributed by atoms with Crippen molar-refractivity contribution in [3.8, 4) is 0 Å². The Morgan fingerprint density at radius 1 is 1.16 bits per heavy atom. The Kier molecular flexibility index (Phi) is 7.52. The van der Waals surface area contributed by atoms with Gasteiger partial charge in [0.15, 0.2) is 5.82 Å². The number of hydrogen-bond acceptors (Lipinski definition) is 6. The van der Waals surface area contributed by atoms with Crippen LogP contribution in [0, 0.1) is 6.57 Å². The number of aryl methyl sites for hydroxylation is 1. The van der Waals surface area contributed by atoms with Crippen LogP contribution in [0.2, 0.25) is 0 Å². The Morgan fingerprint density at radius 3 is 2.46 bits per heavy atom. The molecule has 1 aromatic carbocycles. The summed E-state index contributed by atoms with van der Waals surface area (Å²) in [5.74, 6) is 0.627. The van der Waals surface area contributed by atoms with Crippen LogP contribution in [0.15, 0.2) is 41.2 Å². The van der Waals surface area contributed by atoms with Crippen LogP contribution in [-0.2, 0) is 18.0 Å². The summed E-state index contributed by atoms with van der Waals surface area (Å²) in [6.07, 6.45) is -3.69. The molecule has 11 heteroatoms. The number of aromatic nitrogens is 3. The van der Waals surface area contributed by atoms with Gasteiger partial charge in [0, 0.05) is 39.3 Å². The Hall–Kier alpha value is -3.49. The average molecular weight is 515 g/mol. The van der Waals surface area contributed by atoms with Gasteiger partial charge in [-0.1, -0.05) is 25.6 Å². The van der Waals surface area contributed by atoms with Gasteiger partial charge in [0.05, 0.1) is 23.7 Å². The first-order valence-electron chi connectivity index (χ1n) is 12.0. The fourth-order valence-corrected chi connectivity index (χ4v) is 5.10. The van der Waals surface area contributed by atoms with Crippen LogP contribution in [0.3, 0.4) is 0 Å². The molecule has 3 aromatic rings. The summed E-state index contributed by atoms with van der Waals surface area (Å²) in [6, 6.07) is 8.27. The summed E-state index contributed by atoms with van der Waals surface area (Å²) in [5, 5.41) is 0. The first-order chi connectivity index (χ1) is 17.6. The molecule has 0 radical (unpaired) electrons. The van der Waals surface area contributed by atoms with Gasteiger partial charge in [0.1, 0.15) is 0 Å². The second-order valence-corrected chi connectivity index (χ2v) is 9.28. The standard InChI is InChI=1S/C26H29F3N6O2/c1-6-20(17-7-9-18(10-8-17)26(27,28)29)35-13-16(2)34(14-19(35)15-37-5)24-23-21(33(4)25(36)32-24)11-12-22(30-3)31-23/h7-12,16,19-20H,6,13-15H2,1-2,4-5H3/t16-,19-,20?/m0/s1. The first-order valence-corrected chi connectivity index (χ1v) is 12.0. The Balaban J connectivity index is 1.71. The monoisotopic (exact) mass is 514 g/mol. The van der Waals surface area contributed by atoms with Crippen LogP contribution in [0.1, 0.15) is 37.4 Å². The molecule has 8 nitrogen and oxygen atoms in total. The Morgan fingerprint density at radius 2 is 1.86 bits per heavy atom. The topological polar surface area (TPSA) is 67.8 Å². The molecule has 3 heterocycles. The maximum Gasteiger partial charge on any atom is 0.416 e. The molecule has 0 N–H and O–H groups in total. The van der Waals surface area contributed by atoms with Gasteiger partial charge in [-0.25, -0.2) is 4.79 Å². The van der Waals surface area contributed by atoms with Gasteiger partial charge in [-0.15, -0.1) is 4.98 Å². The zero-order chi connectivity index (χ0) is 26.9. The van der Waals surface area contributed by atoms with Crippen molar-refractivity contribution in [2.24, 2.45) is 7.05 Å². The van der Waals surface area contributed by atoms with E-state index in [4.69, 9.17) is 11.3 Å². The zero-order valence-electron chi connectivity index (χ0n) is 21.2. The number of benzene rings is 1. The lowest BCUT2D eigenvalue weighted by molar-refractivity contribution is -0.137. The summed E-state index contributed by atoms with van der Waals surface area (Å²) in [7, 11) is 3.22. The largest absolute Gasteiger partial charge is 0.416 e. The number of fused-ring (bicyclic) bond motifs is 1. The van der Waals surface area contributed by atoms with E-state index in [1.807, 2.05) is 18.7 Å². The normalized spacial score (nSPS) is 19.7. The molecule has 1 unspecified atom stereocenters. The summed E-state index contributed by atoms with van der Waals surface area (Å²) < 4.78 is 46.3. The lowest BCUT2D eigenvalue weighted by atomic mass is 9.96. The van der Waals surface area contributed by atoms with Crippen molar-refractivity contribution in [3.63, 3.8) is 0 Å². The molecule has 4 rings (SSSR count). The smallest absolute Gasteiger partial charge is 0.383 e. The van der Waals surface area contributed by atoms with Gasteiger partial charge in [0.2, 0.25) is 5.52 Å². The minimum Gasteiger partial charge on any atom is -0.383 e. The summed E-state index contributed by atoms with van der Waals surface area (Å²) in [5.41, 5.74) is 0.762. The van der Waals surface area contributed by atoms with Crippen LogP contribution in [0.5, 0.6) is 0 Å². The summed E-state index contributed by atoms with van der Waals surface area (Å²) >= 11 is 0. The minimum absolute atomic E-state index is 0.0993. The number of hydrogen-bond donors (Lipinski definition) is 0. The van der Waals surface area contributed by atoms with Gasteiger partial charge < -0.3 is 14.5 Å². The molecule has 196 valence electrons. The lowest BCUT2D eigenvalue weighted by Crippen LogP contribution is -2.60. The summed E-state index contributed by atoms with van der Waals surface area (Å²) in [4.78, 5) is 29.2. The number of pyridine rings is 1. The third kappa shape index (κ3) is 5.17. The molecule has 0 saturated carbocycles. The zero-order valence-corrected chi connectivity index (χ0v) is 21.2. The molecule has 1 saturated heterocycles. The molecule has 1 fully saturated rings. The van der Waals surface area contributed by atoms with Crippen LogP contribution in [-0.4, -0.2) is 58.3 Å². The van der Waals surface area contributed by atoms with Crippen molar-refractivity contribution >= 4 is 22.7 Å². The van der Waals surface area contributed by atoms with Crippen molar-refractivity contribution in [3.05, 3.63) is 69.4 Å². The van der Waals surface area contributed by atoms with Gasteiger partial charge in [-0.3, -0.25) is 9.47 Å². The molecule has 0 aliphatic carbocycles. The van der Waals surface area contributed by atoms with E-state index in [1.54, 1.807) is 38.4 Å². The third-order valence-electron chi connectivity index (χ3n) is 6.96. The quantitative estimate of drug-likeness (QED) is 0.449. The summed E-state index contributed by atoms with van der Waals surface area (Å²) in [6.45, 7) is 12.8. The van der Waals surface area contributed by atoms with E-state index in [2.05, 4.69) is 19.7 Å². The minimum atomic E-state index is -4.39. The highest BCUT2D eigenvalue weighted by atomic mass is 19.4. The van der Waals surface area contributed by atoms with E-state index in [0.29, 0.717) is 43.0 Å². The van der Waals surface area contributed by atoms with Gasteiger partial charge >= 0.3 is 11.9 Å². The maximum atomic E-state index is 13.1. The number of anilines is 1. The van der Waals surface area contributed by atoms with Gasteiger partial charge in [-0.05, 0) is 43.2 Å². The Bertz CT molecular complexity index is 1370. The van der Waals surface area contributed by atoms with Gasteiger partial charge in [0.25, 0.3) is 5.82 Å². The maximum absolute atomic E-state index is 13.1. The number of methoxy groups -OCH3 is 1. The van der Waals surface area contributed by atoms with E-state index in [1.165, 1.54) is 4.57 Å². The number of alkyl halides is 3. The van der Waals surface area contributed by atoms with Crippen LogP contribution >= 0.6 is 0 Å². The molecule has 3 atom stereocenters. The highest BCUT2D eigenvalue weighted by Gasteiger charge is 2.38. The van der Waals surface area contributed by atoms with Crippen molar-refractivity contribution in [1.29, 1.82) is 0 Å². The van der Waals surface area contributed by atoms with Crippen molar-refractivity contribution in [1.82, 2.24) is 19.4 Å². The highest BCUT2D eigenvalue weighted by molar-refractivity contribution is 5.87. The predicted octanol–water partition coefficient (Wildman–Crippen LogP) is 4.57. The number of halogens is 3. The molecule has 2 aromatic heterocycles. The molecule has 1 aliphatic rings. The van der Waals surface area contributed by atoms with Gasteiger partial charge in [-0.2, -0.15) is 18.2 Å². The molecule has 1 aliphatic heterocycles. The number of rotatable bonds is 6. The van der Waals surface area contributed by atoms with Crippen molar-refractivity contribution in [2.45, 2.75) is 44.6 Å². The molecule has 37 heavy (non-hydrogen) atoms. The Labute approximate surface area is 213 Å². The van der Waals surface area contributed by atoms with Crippen LogP contribution < -0.4 is 10.6 Å². The van der Waals surface area contributed by atoms with E-state index < -0.39 is 17.4 Å². The van der Waals surface area contributed by atoms with Crippen molar-refractivity contribution in [2.75, 3.05) is 31.7 Å². The lowest BCUT2D eigenvalue weighted by Gasteiger charge is -2.48. The number of nitrogens with zero attached hydrogens (tertiary/aromatic N) is 6. The molecule has 0 amide bonds. The molecule has 0 spiro atoms. The van der Waals surface area contributed by atoms with Crippen molar-refractivity contribution < 1.29 is 17.9 Å². The second kappa shape index (κ2) is 10.5. The fraction of sp³-hybridized carbons (Fsp3) is 0.462. The molecular formula is C26H29F3N6O2. The highest BCUT2D eigenvalue weighted by Crippen LogP contribution is 2.35.